The van der Waals surface area contributed by atoms with Gasteiger partial charge in [0.2, 0.25) is 5.24 Å². The van der Waals surface area contributed by atoms with E-state index < -0.39 is 0 Å². The third-order valence-corrected chi connectivity index (χ3v) is 1.96. The molecule has 0 saturated carbocycles. The molecule has 0 amide bonds. The Morgan fingerprint density at radius 3 is 2.60 bits per heavy atom. The summed E-state index contributed by atoms with van der Waals surface area (Å²) in [6.07, 6.45) is 3.79. The molecular weight excluding hydrogens is 148 g/mol. The van der Waals surface area contributed by atoms with E-state index in [9.17, 15) is 4.79 Å². The number of hydrogen-bond acceptors (Lipinski definition) is 1. The van der Waals surface area contributed by atoms with Crippen LogP contribution >= 0.6 is 11.6 Å². The highest BCUT2D eigenvalue weighted by atomic mass is 35.5. The largest absolute Gasteiger partial charge is 0.281 e. The predicted octanol–water partition coefficient (Wildman–Crippen LogP) is 2.97. The van der Waals surface area contributed by atoms with Crippen LogP contribution < -0.4 is 0 Å². The number of hydrogen-bond donors (Lipinski definition) is 0. The lowest BCUT2D eigenvalue weighted by Gasteiger charge is -2.04. The van der Waals surface area contributed by atoms with Crippen molar-refractivity contribution >= 4 is 16.8 Å². The molecule has 0 unspecified atom stereocenters. The Hall–Kier alpha value is -0.0400. The zero-order valence-electron chi connectivity index (χ0n) is 6.69. The molecule has 0 aliphatic rings. The van der Waals surface area contributed by atoms with Gasteiger partial charge in [0.1, 0.15) is 0 Å². The predicted molar refractivity (Wildman–Crippen MR) is 44.2 cm³/mol. The molecule has 0 spiro atoms. The Morgan fingerprint density at radius 1 is 1.60 bits per heavy atom. The van der Waals surface area contributed by atoms with Gasteiger partial charge in [-0.1, -0.05) is 26.7 Å². The Balaban J connectivity index is 3.11. The highest BCUT2D eigenvalue weighted by Gasteiger charge is 2.00. The van der Waals surface area contributed by atoms with E-state index in [0.29, 0.717) is 6.42 Å². The van der Waals surface area contributed by atoms with Gasteiger partial charge in [-0.3, -0.25) is 4.79 Å². The third-order valence-electron chi connectivity index (χ3n) is 1.77. The topological polar surface area (TPSA) is 17.1 Å². The smallest absolute Gasteiger partial charge is 0.221 e. The minimum Gasteiger partial charge on any atom is -0.281 e. The summed E-state index contributed by atoms with van der Waals surface area (Å²) in [6, 6.07) is 0. The average molecular weight is 163 g/mol. The summed E-state index contributed by atoms with van der Waals surface area (Å²) in [6.45, 7) is 4.35. The van der Waals surface area contributed by atoms with Crippen molar-refractivity contribution in [3.05, 3.63) is 0 Å². The lowest BCUT2D eigenvalue weighted by atomic mass is 10.0. The lowest BCUT2D eigenvalue weighted by molar-refractivity contribution is -0.111. The molecular formula is C8H15ClO. The van der Waals surface area contributed by atoms with Crippen LogP contribution in [0.15, 0.2) is 0 Å². The van der Waals surface area contributed by atoms with Crippen molar-refractivity contribution < 1.29 is 4.79 Å². The summed E-state index contributed by atoms with van der Waals surface area (Å²) in [5.41, 5.74) is 0. The van der Waals surface area contributed by atoms with Gasteiger partial charge in [0.05, 0.1) is 0 Å². The highest BCUT2D eigenvalue weighted by Crippen LogP contribution is 2.11. The number of rotatable bonds is 5. The normalized spacial score (nSPS) is 13.1. The Labute approximate surface area is 67.8 Å². The standard InChI is InChI=1S/C8H15ClO/c1-3-7(2)5-4-6-8(9)10/h7H,3-6H2,1-2H3/t7-/m0/s1. The van der Waals surface area contributed by atoms with Gasteiger partial charge < -0.3 is 0 Å². The van der Waals surface area contributed by atoms with Gasteiger partial charge in [-0.2, -0.15) is 0 Å². The van der Waals surface area contributed by atoms with E-state index in [4.69, 9.17) is 11.6 Å². The van der Waals surface area contributed by atoms with Crippen LogP contribution in [-0.2, 0) is 4.79 Å². The van der Waals surface area contributed by atoms with Crippen molar-refractivity contribution in [3.8, 4) is 0 Å². The molecule has 0 rings (SSSR count). The van der Waals surface area contributed by atoms with Crippen LogP contribution in [0, 0.1) is 5.92 Å². The number of halogens is 1. The Kier molecular flexibility index (Phi) is 5.70. The molecule has 2 heteroatoms. The maximum atomic E-state index is 10.3. The minimum absolute atomic E-state index is 0.205. The second-order valence-corrected chi connectivity index (χ2v) is 3.18. The monoisotopic (exact) mass is 162 g/mol. The molecule has 60 valence electrons. The summed E-state index contributed by atoms with van der Waals surface area (Å²) in [4.78, 5) is 10.3. The number of carbonyl (C=O) groups excluding carboxylic acids is 1. The second-order valence-electron chi connectivity index (χ2n) is 2.76. The first-order chi connectivity index (χ1) is 4.66. The molecule has 1 atom stereocenters. The molecule has 0 bridgehead atoms. The van der Waals surface area contributed by atoms with Gasteiger partial charge in [-0.25, -0.2) is 0 Å². The van der Waals surface area contributed by atoms with E-state index in [2.05, 4.69) is 13.8 Å². The van der Waals surface area contributed by atoms with Gasteiger partial charge in [0, 0.05) is 6.42 Å². The van der Waals surface area contributed by atoms with Crippen LogP contribution in [0.25, 0.3) is 0 Å². The van der Waals surface area contributed by atoms with Gasteiger partial charge >= 0.3 is 0 Å². The van der Waals surface area contributed by atoms with Gasteiger partial charge in [-0.05, 0) is 23.9 Å². The fraction of sp³-hybridized carbons (Fsp3) is 0.875. The molecule has 0 aromatic heterocycles. The van der Waals surface area contributed by atoms with E-state index >= 15 is 0 Å². The van der Waals surface area contributed by atoms with Gasteiger partial charge in [0.15, 0.2) is 0 Å². The van der Waals surface area contributed by atoms with Crippen LogP contribution in [0.3, 0.4) is 0 Å². The van der Waals surface area contributed by atoms with Gasteiger partial charge in [0.25, 0.3) is 0 Å². The second kappa shape index (κ2) is 5.72. The first-order valence-corrected chi connectivity index (χ1v) is 4.23. The highest BCUT2D eigenvalue weighted by molar-refractivity contribution is 6.63. The SMILES string of the molecule is CC[C@H](C)CCCC(=O)Cl. The molecule has 0 saturated heterocycles. The van der Waals surface area contributed by atoms with Crippen LogP contribution in [0.1, 0.15) is 39.5 Å². The molecule has 1 nitrogen and oxygen atoms in total. The van der Waals surface area contributed by atoms with Crippen LogP contribution in [0.4, 0.5) is 0 Å². The van der Waals surface area contributed by atoms with Crippen LogP contribution in [0.5, 0.6) is 0 Å². The summed E-state index contributed by atoms with van der Waals surface area (Å²) in [5, 5.41) is -0.205. The first-order valence-electron chi connectivity index (χ1n) is 3.85. The van der Waals surface area contributed by atoms with Crippen molar-refractivity contribution in [1.29, 1.82) is 0 Å². The summed E-state index contributed by atoms with van der Waals surface area (Å²) in [7, 11) is 0. The zero-order chi connectivity index (χ0) is 7.98. The molecule has 0 N–H and O–H groups in total. The molecule has 10 heavy (non-hydrogen) atoms. The minimum atomic E-state index is -0.205. The van der Waals surface area contributed by atoms with Crippen LogP contribution in [-0.4, -0.2) is 5.24 Å². The van der Waals surface area contributed by atoms with E-state index in [1.54, 1.807) is 0 Å². The van der Waals surface area contributed by atoms with Crippen LogP contribution in [0.2, 0.25) is 0 Å². The molecule has 0 fully saturated rings. The summed E-state index contributed by atoms with van der Waals surface area (Å²) < 4.78 is 0. The molecule has 0 aromatic rings. The van der Waals surface area contributed by atoms with Gasteiger partial charge in [-0.15, -0.1) is 0 Å². The zero-order valence-corrected chi connectivity index (χ0v) is 7.45. The van der Waals surface area contributed by atoms with Crippen molar-refractivity contribution in [3.63, 3.8) is 0 Å². The number of carbonyl (C=O) groups is 1. The quantitative estimate of drug-likeness (QED) is 0.568. The lowest BCUT2D eigenvalue weighted by Crippen LogP contribution is -1.93. The van der Waals surface area contributed by atoms with E-state index in [1.807, 2.05) is 0 Å². The Bertz CT molecular complexity index is 101. The molecule has 0 aliphatic carbocycles. The molecule has 0 radical (unpaired) electrons. The summed E-state index contributed by atoms with van der Waals surface area (Å²) in [5.74, 6) is 0.732. The fourth-order valence-electron chi connectivity index (χ4n) is 0.794. The van der Waals surface area contributed by atoms with E-state index in [0.717, 1.165) is 18.8 Å². The van der Waals surface area contributed by atoms with Crippen molar-refractivity contribution in [1.82, 2.24) is 0 Å². The maximum Gasteiger partial charge on any atom is 0.221 e. The molecule has 0 aromatic carbocycles. The summed E-state index contributed by atoms with van der Waals surface area (Å²) >= 11 is 5.17. The van der Waals surface area contributed by atoms with Crippen molar-refractivity contribution in [2.45, 2.75) is 39.5 Å². The fourth-order valence-corrected chi connectivity index (χ4v) is 0.927. The Morgan fingerprint density at radius 2 is 2.20 bits per heavy atom. The van der Waals surface area contributed by atoms with Crippen molar-refractivity contribution in [2.24, 2.45) is 5.92 Å². The first kappa shape index (κ1) is 9.96. The van der Waals surface area contributed by atoms with Crippen molar-refractivity contribution in [2.75, 3.05) is 0 Å². The molecule has 0 heterocycles. The average Bonchev–Trinajstić information content (AvgIpc) is 1.87. The van der Waals surface area contributed by atoms with E-state index in [-0.39, 0.29) is 5.24 Å². The van der Waals surface area contributed by atoms with E-state index in [1.165, 1.54) is 6.42 Å². The maximum absolute atomic E-state index is 10.3. The molecule has 0 aliphatic heterocycles. The third kappa shape index (κ3) is 6.09.